The molecule has 0 bridgehead atoms. The molecule has 0 saturated heterocycles. The molecule has 0 unspecified atom stereocenters. The number of rotatable bonds is 2. The number of nitrogens with zero attached hydrogens (tertiary/aromatic N) is 3. The zero-order valence-electron chi connectivity index (χ0n) is 8.58. The highest BCUT2D eigenvalue weighted by Crippen LogP contribution is 2.18. The number of pyridine rings is 1. The van der Waals surface area contributed by atoms with E-state index in [9.17, 15) is 4.79 Å². The topological polar surface area (TPSA) is 76.0 Å². The molecule has 0 aromatic carbocycles. The Bertz CT molecular complexity index is 526. The van der Waals surface area contributed by atoms with E-state index in [1.54, 1.807) is 25.4 Å². The Labute approximate surface area is 91.8 Å². The van der Waals surface area contributed by atoms with E-state index in [0.29, 0.717) is 5.69 Å². The number of aromatic nitrogens is 3. The largest absolute Gasteiger partial charge is 0.477 e. The lowest BCUT2D eigenvalue weighted by molar-refractivity contribution is 0.0690. The highest BCUT2D eigenvalue weighted by atomic mass is 16.4. The fraction of sp³-hybridized carbons (Fsp3) is 0.0909. The Balaban J connectivity index is 2.54. The van der Waals surface area contributed by atoms with Crippen LogP contribution in [-0.4, -0.2) is 26.0 Å². The minimum atomic E-state index is -1.04. The van der Waals surface area contributed by atoms with Crippen LogP contribution in [-0.2, 0) is 0 Å². The average Bonchev–Trinajstić information content (AvgIpc) is 2.29. The van der Waals surface area contributed by atoms with Gasteiger partial charge in [0.1, 0.15) is 12.0 Å². The van der Waals surface area contributed by atoms with Crippen molar-refractivity contribution in [2.45, 2.75) is 6.92 Å². The van der Waals surface area contributed by atoms with Gasteiger partial charge in [-0.05, 0) is 24.6 Å². The van der Waals surface area contributed by atoms with Crippen LogP contribution in [0.1, 0.15) is 16.2 Å². The number of carboxylic acid groups (broad SMARTS) is 1. The van der Waals surface area contributed by atoms with Gasteiger partial charge in [-0.25, -0.2) is 19.7 Å². The molecule has 0 aliphatic heterocycles. The molecule has 0 aliphatic rings. The summed E-state index contributed by atoms with van der Waals surface area (Å²) in [6, 6.07) is 3.30. The molecule has 2 aromatic heterocycles. The van der Waals surface area contributed by atoms with E-state index in [1.807, 2.05) is 0 Å². The van der Waals surface area contributed by atoms with Crippen LogP contribution >= 0.6 is 0 Å². The van der Waals surface area contributed by atoms with Crippen LogP contribution in [0.25, 0.3) is 11.1 Å². The van der Waals surface area contributed by atoms with Crippen molar-refractivity contribution in [1.29, 1.82) is 0 Å². The summed E-state index contributed by atoms with van der Waals surface area (Å²) in [6.45, 7) is 1.75. The lowest BCUT2D eigenvalue weighted by Gasteiger charge is -2.03. The molecule has 5 nitrogen and oxygen atoms in total. The highest BCUT2D eigenvalue weighted by Gasteiger charge is 2.08. The minimum Gasteiger partial charge on any atom is -0.477 e. The van der Waals surface area contributed by atoms with Crippen LogP contribution in [0.15, 0.2) is 30.9 Å². The molecule has 0 atom stereocenters. The predicted molar refractivity (Wildman–Crippen MR) is 57.0 cm³/mol. The summed E-state index contributed by atoms with van der Waals surface area (Å²) in [5, 5.41) is 8.89. The van der Waals surface area contributed by atoms with Crippen molar-refractivity contribution < 1.29 is 9.90 Å². The second kappa shape index (κ2) is 4.06. The number of hydrogen-bond acceptors (Lipinski definition) is 4. The van der Waals surface area contributed by atoms with E-state index in [0.717, 1.165) is 11.1 Å². The van der Waals surface area contributed by atoms with Gasteiger partial charge in [0.15, 0.2) is 0 Å². The van der Waals surface area contributed by atoms with E-state index in [2.05, 4.69) is 15.0 Å². The fourth-order valence-corrected chi connectivity index (χ4v) is 1.39. The first kappa shape index (κ1) is 10.2. The van der Waals surface area contributed by atoms with Crippen molar-refractivity contribution in [3.63, 3.8) is 0 Å². The van der Waals surface area contributed by atoms with Crippen molar-refractivity contribution in [3.05, 3.63) is 42.2 Å². The van der Waals surface area contributed by atoms with Gasteiger partial charge in [0.2, 0.25) is 0 Å². The maximum atomic E-state index is 10.8. The van der Waals surface area contributed by atoms with Crippen LogP contribution in [0.4, 0.5) is 0 Å². The molecule has 2 heterocycles. The first-order chi connectivity index (χ1) is 7.66. The molecule has 0 fully saturated rings. The zero-order valence-corrected chi connectivity index (χ0v) is 8.58. The Hall–Kier alpha value is -2.30. The van der Waals surface area contributed by atoms with Gasteiger partial charge in [0.25, 0.3) is 0 Å². The first-order valence-corrected chi connectivity index (χ1v) is 4.64. The normalized spacial score (nSPS) is 10.1. The fourth-order valence-electron chi connectivity index (χ4n) is 1.39. The molecule has 80 valence electrons. The zero-order chi connectivity index (χ0) is 11.5. The number of aryl methyl sites for hydroxylation is 1. The SMILES string of the molecule is Cc1cc(-c2cncnc2)cc(C(=O)O)n1. The van der Waals surface area contributed by atoms with E-state index < -0.39 is 5.97 Å². The minimum absolute atomic E-state index is 0.0267. The van der Waals surface area contributed by atoms with Crippen molar-refractivity contribution in [3.8, 4) is 11.1 Å². The number of hydrogen-bond donors (Lipinski definition) is 1. The summed E-state index contributed by atoms with van der Waals surface area (Å²) in [4.78, 5) is 22.5. The van der Waals surface area contributed by atoms with Crippen LogP contribution in [0.3, 0.4) is 0 Å². The number of carboxylic acids is 1. The number of carbonyl (C=O) groups is 1. The van der Waals surface area contributed by atoms with Gasteiger partial charge in [-0.1, -0.05) is 0 Å². The van der Waals surface area contributed by atoms with Crippen LogP contribution in [0.2, 0.25) is 0 Å². The van der Waals surface area contributed by atoms with E-state index >= 15 is 0 Å². The smallest absolute Gasteiger partial charge is 0.354 e. The van der Waals surface area contributed by atoms with Crippen LogP contribution in [0.5, 0.6) is 0 Å². The summed E-state index contributed by atoms with van der Waals surface area (Å²) in [7, 11) is 0. The standard InChI is InChI=1S/C11H9N3O2/c1-7-2-8(3-10(14-7)11(15)16)9-4-12-6-13-5-9/h2-6H,1H3,(H,15,16). The highest BCUT2D eigenvalue weighted by molar-refractivity contribution is 5.87. The van der Waals surface area contributed by atoms with Crippen LogP contribution in [0, 0.1) is 6.92 Å². The van der Waals surface area contributed by atoms with Gasteiger partial charge >= 0.3 is 5.97 Å². The lowest BCUT2D eigenvalue weighted by atomic mass is 10.1. The summed E-state index contributed by atoms with van der Waals surface area (Å²) in [5.74, 6) is -1.04. The van der Waals surface area contributed by atoms with Crippen molar-refractivity contribution >= 4 is 5.97 Å². The summed E-state index contributed by atoms with van der Waals surface area (Å²) in [6.07, 6.45) is 4.69. The molecule has 0 aliphatic carbocycles. The molecule has 5 heteroatoms. The molecule has 16 heavy (non-hydrogen) atoms. The molecule has 2 rings (SSSR count). The Morgan fingerprint density at radius 3 is 2.50 bits per heavy atom. The molecule has 0 spiro atoms. The molecule has 2 aromatic rings. The van der Waals surface area contributed by atoms with Gasteiger partial charge in [0, 0.05) is 23.7 Å². The molecular weight excluding hydrogens is 206 g/mol. The summed E-state index contributed by atoms with van der Waals surface area (Å²) < 4.78 is 0. The van der Waals surface area contributed by atoms with Crippen molar-refractivity contribution in [2.75, 3.05) is 0 Å². The Kier molecular flexibility index (Phi) is 2.59. The van der Waals surface area contributed by atoms with E-state index in [4.69, 9.17) is 5.11 Å². The van der Waals surface area contributed by atoms with Crippen molar-refractivity contribution in [2.24, 2.45) is 0 Å². The predicted octanol–water partition coefficient (Wildman–Crippen LogP) is 1.55. The van der Waals surface area contributed by atoms with E-state index in [-0.39, 0.29) is 5.69 Å². The Morgan fingerprint density at radius 2 is 1.88 bits per heavy atom. The number of aromatic carboxylic acids is 1. The quantitative estimate of drug-likeness (QED) is 0.822. The summed E-state index contributed by atoms with van der Waals surface area (Å²) >= 11 is 0. The van der Waals surface area contributed by atoms with Gasteiger partial charge in [-0.2, -0.15) is 0 Å². The van der Waals surface area contributed by atoms with E-state index in [1.165, 1.54) is 12.4 Å². The first-order valence-electron chi connectivity index (χ1n) is 4.64. The maximum Gasteiger partial charge on any atom is 0.354 e. The third-order valence-corrected chi connectivity index (χ3v) is 2.07. The van der Waals surface area contributed by atoms with Crippen LogP contribution < -0.4 is 0 Å². The third kappa shape index (κ3) is 2.03. The van der Waals surface area contributed by atoms with Gasteiger partial charge in [-0.3, -0.25) is 0 Å². The molecule has 0 amide bonds. The van der Waals surface area contributed by atoms with Gasteiger partial charge in [-0.15, -0.1) is 0 Å². The second-order valence-electron chi connectivity index (χ2n) is 3.31. The lowest BCUT2D eigenvalue weighted by Crippen LogP contribution is -2.02. The van der Waals surface area contributed by atoms with Crippen molar-refractivity contribution in [1.82, 2.24) is 15.0 Å². The molecule has 0 saturated carbocycles. The maximum absolute atomic E-state index is 10.8. The molecule has 0 radical (unpaired) electrons. The molecular formula is C11H9N3O2. The monoisotopic (exact) mass is 215 g/mol. The third-order valence-electron chi connectivity index (χ3n) is 2.07. The summed E-state index contributed by atoms with van der Waals surface area (Å²) in [5.41, 5.74) is 2.21. The van der Waals surface area contributed by atoms with Gasteiger partial charge in [0.05, 0.1) is 0 Å². The molecule has 1 N–H and O–H groups in total. The second-order valence-corrected chi connectivity index (χ2v) is 3.31. The van der Waals surface area contributed by atoms with Gasteiger partial charge < -0.3 is 5.11 Å². The Morgan fingerprint density at radius 1 is 1.19 bits per heavy atom. The average molecular weight is 215 g/mol.